The summed E-state index contributed by atoms with van der Waals surface area (Å²) in [6, 6.07) is 8.33. The normalized spacial score (nSPS) is 15.0. The molecule has 0 aliphatic carbocycles. The fourth-order valence-electron chi connectivity index (χ4n) is 3.53. The maximum atomic E-state index is 12.2. The smallest absolute Gasteiger partial charge is 0.336 e. The van der Waals surface area contributed by atoms with Gasteiger partial charge in [-0.3, -0.25) is 0 Å². The fraction of sp³-hybridized carbons (Fsp3) is 0.333. The zero-order valence-electron chi connectivity index (χ0n) is 20.1. The van der Waals surface area contributed by atoms with Crippen LogP contribution in [-0.4, -0.2) is 53.3 Å². The lowest BCUT2D eigenvalue weighted by Crippen LogP contribution is -2.32. The number of fused-ring (bicyclic) bond motifs is 1. The van der Waals surface area contributed by atoms with Crippen molar-refractivity contribution in [2.24, 2.45) is 5.14 Å². The van der Waals surface area contributed by atoms with Crippen molar-refractivity contribution in [3.05, 3.63) is 48.0 Å². The lowest BCUT2D eigenvalue weighted by Gasteiger charge is -2.22. The number of hydrogen-bond acceptors (Lipinski definition) is 10. The molecule has 0 saturated heterocycles. The third kappa shape index (κ3) is 6.74. The minimum atomic E-state index is -4.28. The summed E-state index contributed by atoms with van der Waals surface area (Å²) >= 11 is 0. The van der Waals surface area contributed by atoms with Gasteiger partial charge in [-0.05, 0) is 38.5 Å². The first-order valence-corrected chi connectivity index (χ1v) is 12.6. The molecule has 11 nitrogen and oxygen atoms in total. The van der Waals surface area contributed by atoms with Crippen LogP contribution >= 0.6 is 0 Å². The third-order valence-electron chi connectivity index (χ3n) is 5.03. The second-order valence-electron chi connectivity index (χ2n) is 7.73. The predicted molar refractivity (Wildman–Crippen MR) is 129 cm³/mol. The lowest BCUT2D eigenvalue weighted by atomic mass is 10.0. The molecule has 0 radical (unpaired) electrons. The van der Waals surface area contributed by atoms with Crippen molar-refractivity contribution < 1.29 is 41.7 Å². The van der Waals surface area contributed by atoms with Gasteiger partial charge in [0.1, 0.15) is 11.5 Å². The van der Waals surface area contributed by atoms with Crippen LogP contribution in [0.3, 0.4) is 0 Å². The first-order valence-electron chi connectivity index (χ1n) is 11.1. The second-order valence-corrected chi connectivity index (χ2v) is 9.26. The van der Waals surface area contributed by atoms with Crippen LogP contribution in [0.5, 0.6) is 28.7 Å². The van der Waals surface area contributed by atoms with Gasteiger partial charge in [-0.15, -0.1) is 0 Å². The van der Waals surface area contributed by atoms with E-state index in [4.69, 9.17) is 28.8 Å². The van der Waals surface area contributed by atoms with Crippen LogP contribution in [0.1, 0.15) is 19.4 Å². The number of benzene rings is 2. The fourth-order valence-corrected chi connectivity index (χ4v) is 4.27. The van der Waals surface area contributed by atoms with Gasteiger partial charge in [0.2, 0.25) is 15.8 Å². The van der Waals surface area contributed by atoms with Gasteiger partial charge in [0.05, 0.1) is 13.7 Å². The number of esters is 2. The van der Waals surface area contributed by atoms with E-state index in [1.807, 2.05) is 38.1 Å². The number of rotatable bonds is 11. The van der Waals surface area contributed by atoms with E-state index in [0.29, 0.717) is 31.3 Å². The van der Waals surface area contributed by atoms with Crippen molar-refractivity contribution in [2.75, 3.05) is 26.9 Å². The Balaban J connectivity index is 1.80. The number of methoxy groups -OCH3 is 1. The first-order chi connectivity index (χ1) is 17.1. The number of carbonyl (C=O) groups excluding carboxylic acids is 2. The number of para-hydroxylation sites is 2. The zero-order chi connectivity index (χ0) is 26.3. The van der Waals surface area contributed by atoms with Crippen LogP contribution in [0, 0.1) is 0 Å². The Morgan fingerprint density at radius 2 is 1.64 bits per heavy atom. The molecular weight excluding hydrogens is 492 g/mol. The molecule has 0 spiro atoms. The number of nitrogens with one attached hydrogen (secondary N) is 1. The van der Waals surface area contributed by atoms with E-state index >= 15 is 0 Å². The molecule has 12 heteroatoms. The van der Waals surface area contributed by atoms with Crippen LogP contribution in [0.4, 0.5) is 0 Å². The summed E-state index contributed by atoms with van der Waals surface area (Å²) in [5, 5.41) is 8.63. The van der Waals surface area contributed by atoms with Gasteiger partial charge in [-0.2, -0.15) is 0 Å². The largest absolute Gasteiger partial charge is 0.491 e. The Bertz CT molecular complexity index is 1260. The van der Waals surface area contributed by atoms with Crippen molar-refractivity contribution in [3.8, 4) is 28.7 Å². The Morgan fingerprint density at radius 1 is 1.03 bits per heavy atom. The van der Waals surface area contributed by atoms with Crippen molar-refractivity contribution >= 4 is 22.0 Å². The quantitative estimate of drug-likeness (QED) is 0.254. The Hall–Kier alpha value is -3.61. The molecule has 0 fully saturated rings. The SMILES string of the molecule is CCOc1ccccc1OCCN[C@H](C)Cc1cc(S(N)(=O)=O)c(OC)c2c1OC(=O)/C=C\C(=O)O2. The van der Waals surface area contributed by atoms with E-state index in [2.05, 4.69) is 5.32 Å². The van der Waals surface area contributed by atoms with Crippen molar-refractivity contribution in [3.63, 3.8) is 0 Å². The van der Waals surface area contributed by atoms with E-state index in [1.165, 1.54) is 13.2 Å². The summed E-state index contributed by atoms with van der Waals surface area (Å²) in [5.41, 5.74) is 0.272. The molecule has 3 rings (SSSR count). The van der Waals surface area contributed by atoms with Gasteiger partial charge in [0.15, 0.2) is 23.0 Å². The molecule has 0 saturated carbocycles. The molecule has 194 valence electrons. The molecule has 2 aromatic carbocycles. The van der Waals surface area contributed by atoms with Crippen LogP contribution in [-0.2, 0) is 26.0 Å². The van der Waals surface area contributed by atoms with Gasteiger partial charge in [-0.25, -0.2) is 23.1 Å². The third-order valence-corrected chi connectivity index (χ3v) is 5.95. The highest BCUT2D eigenvalue weighted by Gasteiger charge is 2.30. The zero-order valence-corrected chi connectivity index (χ0v) is 20.9. The van der Waals surface area contributed by atoms with Gasteiger partial charge >= 0.3 is 11.9 Å². The molecule has 36 heavy (non-hydrogen) atoms. The summed E-state index contributed by atoms with van der Waals surface area (Å²) < 4.78 is 51.6. The highest BCUT2D eigenvalue weighted by atomic mass is 32.2. The van der Waals surface area contributed by atoms with Crippen LogP contribution in [0.15, 0.2) is 47.4 Å². The van der Waals surface area contributed by atoms with Crippen molar-refractivity contribution in [1.29, 1.82) is 0 Å². The number of hydrogen-bond donors (Lipinski definition) is 2. The van der Waals surface area contributed by atoms with Crippen LogP contribution in [0.2, 0.25) is 0 Å². The van der Waals surface area contributed by atoms with E-state index in [0.717, 1.165) is 12.2 Å². The van der Waals surface area contributed by atoms with E-state index in [9.17, 15) is 18.0 Å². The first kappa shape index (κ1) is 27.0. The summed E-state index contributed by atoms with van der Waals surface area (Å²) in [4.78, 5) is 23.8. The average Bonchev–Trinajstić information content (AvgIpc) is 2.81. The molecule has 1 heterocycles. The summed E-state index contributed by atoms with van der Waals surface area (Å²) in [7, 11) is -3.09. The molecular formula is C24H28N2O9S. The number of sulfonamides is 1. The van der Waals surface area contributed by atoms with Crippen LogP contribution < -0.4 is 34.1 Å². The molecule has 0 unspecified atom stereocenters. The topological polar surface area (TPSA) is 152 Å². The molecule has 0 amide bonds. The van der Waals surface area contributed by atoms with Gasteiger partial charge in [0, 0.05) is 30.3 Å². The number of nitrogens with two attached hydrogens (primary N) is 1. The molecule has 1 atom stereocenters. The summed E-state index contributed by atoms with van der Waals surface area (Å²) in [5.74, 6) is -1.28. The second kappa shape index (κ2) is 11.9. The number of carbonyl (C=O) groups is 2. The number of ether oxygens (including phenoxy) is 5. The monoisotopic (exact) mass is 520 g/mol. The minimum Gasteiger partial charge on any atom is -0.491 e. The number of primary sulfonamides is 1. The maximum absolute atomic E-state index is 12.2. The predicted octanol–water partition coefficient (Wildman–Crippen LogP) is 1.72. The molecule has 2 aromatic rings. The van der Waals surface area contributed by atoms with E-state index in [1.54, 1.807) is 0 Å². The highest BCUT2D eigenvalue weighted by molar-refractivity contribution is 7.89. The Morgan fingerprint density at radius 3 is 2.22 bits per heavy atom. The molecule has 1 aliphatic heterocycles. The maximum Gasteiger partial charge on any atom is 0.336 e. The molecule has 1 aliphatic rings. The summed E-state index contributed by atoms with van der Waals surface area (Å²) in [6.07, 6.45) is 1.97. The molecule has 0 aromatic heterocycles. The Labute approximate surface area is 209 Å². The standard InChI is InChI=1S/C24H28N2O9S/c1-4-32-17-7-5-6-8-18(17)33-12-11-26-15(2)13-16-14-19(36(25,29)30)23(31-3)24-22(16)34-20(27)9-10-21(28)35-24/h5-10,14-15,26H,4,11-13H2,1-3H3,(H2,25,29,30)/b10-9-/t15-/m1/s1. The van der Waals surface area contributed by atoms with E-state index < -0.39 is 26.9 Å². The summed E-state index contributed by atoms with van der Waals surface area (Å²) in [6.45, 7) is 5.02. The highest BCUT2D eigenvalue weighted by Crippen LogP contribution is 2.45. The van der Waals surface area contributed by atoms with Crippen molar-refractivity contribution in [2.45, 2.75) is 31.2 Å². The van der Waals surface area contributed by atoms with Crippen LogP contribution in [0.25, 0.3) is 0 Å². The van der Waals surface area contributed by atoms with Gasteiger partial charge in [0.25, 0.3) is 0 Å². The van der Waals surface area contributed by atoms with Gasteiger partial charge in [-0.1, -0.05) is 12.1 Å². The van der Waals surface area contributed by atoms with Crippen molar-refractivity contribution in [1.82, 2.24) is 5.32 Å². The Kier molecular flexibility index (Phi) is 8.91. The minimum absolute atomic E-state index is 0.127. The molecule has 0 bridgehead atoms. The molecule has 3 N–H and O–H groups in total. The lowest BCUT2D eigenvalue weighted by molar-refractivity contribution is -0.133. The van der Waals surface area contributed by atoms with E-state index in [-0.39, 0.29) is 35.3 Å². The van der Waals surface area contributed by atoms with Gasteiger partial charge < -0.3 is 29.0 Å². The average molecular weight is 521 g/mol.